The monoisotopic (exact) mass is 396 g/mol. The second kappa shape index (κ2) is 8.12. The highest BCUT2D eigenvalue weighted by Crippen LogP contribution is 2.27. The maximum atomic E-state index is 4.68. The molecule has 128 valence electrons. The summed E-state index contributed by atoms with van der Waals surface area (Å²) in [7, 11) is 0. The molecule has 3 rings (SSSR count). The number of benzene rings is 2. The summed E-state index contributed by atoms with van der Waals surface area (Å²) in [4.78, 5) is 9.31. The smallest absolute Gasteiger partial charge is 0.225 e. The van der Waals surface area contributed by atoms with E-state index < -0.39 is 0 Å². The summed E-state index contributed by atoms with van der Waals surface area (Å²) in [6.07, 6.45) is 1.01. The minimum absolute atomic E-state index is 0.308. The first-order chi connectivity index (χ1) is 12.2. The molecule has 3 aromatic rings. The highest BCUT2D eigenvalue weighted by atomic mass is 79.9. The molecule has 2 N–H and O–H groups in total. The van der Waals surface area contributed by atoms with Crippen LogP contribution >= 0.6 is 15.9 Å². The van der Waals surface area contributed by atoms with E-state index in [4.69, 9.17) is 0 Å². The van der Waals surface area contributed by atoms with E-state index in [9.17, 15) is 0 Å². The molecule has 0 amide bonds. The lowest BCUT2D eigenvalue weighted by atomic mass is 10.1. The fourth-order valence-electron chi connectivity index (χ4n) is 2.36. The highest BCUT2D eigenvalue weighted by molar-refractivity contribution is 9.10. The largest absolute Gasteiger partial charge is 0.352 e. The summed E-state index contributed by atoms with van der Waals surface area (Å²) in [5.74, 6) is 1.39. The third-order valence-corrected chi connectivity index (χ3v) is 4.61. The van der Waals surface area contributed by atoms with Crippen LogP contribution in [-0.2, 0) is 0 Å². The van der Waals surface area contributed by atoms with Gasteiger partial charge in [0, 0.05) is 22.1 Å². The molecule has 0 saturated carbocycles. The molecular formula is C20H21BrN4. The summed E-state index contributed by atoms with van der Waals surface area (Å²) in [6.45, 7) is 4.26. The van der Waals surface area contributed by atoms with Crippen LogP contribution in [0.5, 0.6) is 0 Å². The Morgan fingerprint density at radius 2 is 1.72 bits per heavy atom. The van der Waals surface area contributed by atoms with Crippen LogP contribution in [0, 0.1) is 0 Å². The second-order valence-corrected chi connectivity index (χ2v) is 6.74. The summed E-state index contributed by atoms with van der Waals surface area (Å²) >= 11 is 3.57. The fourth-order valence-corrected chi connectivity index (χ4v) is 2.74. The van der Waals surface area contributed by atoms with Gasteiger partial charge in [-0.25, -0.2) is 4.98 Å². The average Bonchev–Trinajstić information content (AvgIpc) is 2.64. The molecule has 5 heteroatoms. The van der Waals surface area contributed by atoms with E-state index in [-0.39, 0.29) is 0 Å². The number of rotatable bonds is 6. The summed E-state index contributed by atoms with van der Waals surface area (Å²) in [5.41, 5.74) is 2.91. The Labute approximate surface area is 156 Å². The van der Waals surface area contributed by atoms with E-state index in [2.05, 4.69) is 62.5 Å². The van der Waals surface area contributed by atoms with Gasteiger partial charge in [-0.3, -0.25) is 0 Å². The van der Waals surface area contributed by atoms with Gasteiger partial charge in [0.25, 0.3) is 0 Å². The third kappa shape index (κ3) is 4.57. The number of para-hydroxylation sites is 1. The zero-order valence-electron chi connectivity index (χ0n) is 14.3. The van der Waals surface area contributed by atoms with Gasteiger partial charge in [-0.1, -0.05) is 49.4 Å². The number of anilines is 3. The molecule has 1 heterocycles. The Bertz CT molecular complexity index is 836. The van der Waals surface area contributed by atoms with Crippen LogP contribution in [0.25, 0.3) is 11.3 Å². The van der Waals surface area contributed by atoms with Gasteiger partial charge in [-0.15, -0.1) is 0 Å². The van der Waals surface area contributed by atoms with Crippen LogP contribution < -0.4 is 10.6 Å². The zero-order valence-corrected chi connectivity index (χ0v) is 15.9. The normalized spacial score (nSPS) is 11.8. The number of hydrogen-bond donors (Lipinski definition) is 2. The summed E-state index contributed by atoms with van der Waals surface area (Å²) in [6, 6.07) is 20.4. The lowest BCUT2D eigenvalue weighted by Gasteiger charge is -2.15. The molecule has 0 aliphatic heterocycles. The topological polar surface area (TPSA) is 49.8 Å². The van der Waals surface area contributed by atoms with Gasteiger partial charge >= 0.3 is 0 Å². The Kier molecular flexibility index (Phi) is 5.66. The summed E-state index contributed by atoms with van der Waals surface area (Å²) < 4.78 is 0.992. The maximum Gasteiger partial charge on any atom is 0.225 e. The van der Waals surface area contributed by atoms with Gasteiger partial charge in [-0.2, -0.15) is 4.98 Å². The minimum Gasteiger partial charge on any atom is -0.352 e. The number of hydrogen-bond acceptors (Lipinski definition) is 4. The van der Waals surface area contributed by atoms with E-state index in [1.54, 1.807) is 0 Å². The van der Waals surface area contributed by atoms with Crippen molar-refractivity contribution in [1.29, 1.82) is 0 Å². The van der Waals surface area contributed by atoms with Gasteiger partial charge in [0.2, 0.25) is 5.95 Å². The van der Waals surface area contributed by atoms with Gasteiger partial charge in [0.15, 0.2) is 0 Å². The van der Waals surface area contributed by atoms with Crippen LogP contribution in [0.1, 0.15) is 20.3 Å². The SMILES string of the molecule is CC[C@@H](C)Nc1nc(Nc2ccccc2Br)cc(-c2ccccc2)n1. The molecule has 2 aromatic carbocycles. The molecule has 0 fully saturated rings. The predicted octanol–water partition coefficient (Wildman–Crippen LogP) is 5.86. The maximum absolute atomic E-state index is 4.68. The van der Waals surface area contributed by atoms with Crippen molar-refractivity contribution in [1.82, 2.24) is 9.97 Å². The fraction of sp³-hybridized carbons (Fsp3) is 0.200. The van der Waals surface area contributed by atoms with Crippen molar-refractivity contribution >= 4 is 33.4 Å². The van der Waals surface area contributed by atoms with Gasteiger partial charge in [0.1, 0.15) is 5.82 Å². The second-order valence-electron chi connectivity index (χ2n) is 5.89. The molecule has 4 nitrogen and oxygen atoms in total. The van der Waals surface area contributed by atoms with E-state index in [0.29, 0.717) is 12.0 Å². The third-order valence-electron chi connectivity index (χ3n) is 3.92. The quantitative estimate of drug-likeness (QED) is 0.547. The molecule has 0 saturated heterocycles. The van der Waals surface area contributed by atoms with Crippen LogP contribution in [0.4, 0.5) is 17.5 Å². The van der Waals surface area contributed by atoms with Crippen LogP contribution in [0.2, 0.25) is 0 Å². The molecule has 0 aliphatic carbocycles. The Hall–Kier alpha value is -2.40. The standard InChI is InChI=1S/C20H21BrN4/c1-3-14(2)22-20-24-18(15-9-5-4-6-10-15)13-19(25-20)23-17-12-8-7-11-16(17)21/h4-14H,3H2,1-2H3,(H2,22,23,24,25)/t14-/m1/s1. The van der Waals surface area contributed by atoms with Crippen molar-refractivity contribution in [2.75, 3.05) is 10.6 Å². The zero-order chi connectivity index (χ0) is 17.6. The number of halogens is 1. The lowest BCUT2D eigenvalue weighted by molar-refractivity contribution is 0.753. The van der Waals surface area contributed by atoms with Gasteiger partial charge in [-0.05, 0) is 41.4 Å². The van der Waals surface area contributed by atoms with E-state index in [0.717, 1.165) is 33.7 Å². The number of nitrogens with one attached hydrogen (secondary N) is 2. The minimum atomic E-state index is 0.308. The summed E-state index contributed by atoms with van der Waals surface area (Å²) in [5, 5.41) is 6.74. The Morgan fingerprint density at radius 1 is 1.00 bits per heavy atom. The first-order valence-corrected chi connectivity index (χ1v) is 9.17. The molecule has 25 heavy (non-hydrogen) atoms. The van der Waals surface area contributed by atoms with Gasteiger partial charge < -0.3 is 10.6 Å². The average molecular weight is 397 g/mol. The van der Waals surface area contributed by atoms with Crippen molar-refractivity contribution in [2.24, 2.45) is 0 Å². The van der Waals surface area contributed by atoms with Gasteiger partial charge in [0.05, 0.1) is 11.4 Å². The van der Waals surface area contributed by atoms with Crippen LogP contribution in [-0.4, -0.2) is 16.0 Å². The van der Waals surface area contributed by atoms with E-state index >= 15 is 0 Å². The molecule has 0 unspecified atom stereocenters. The Morgan fingerprint density at radius 3 is 2.44 bits per heavy atom. The van der Waals surface area contributed by atoms with Crippen LogP contribution in [0.15, 0.2) is 65.1 Å². The van der Waals surface area contributed by atoms with Crippen molar-refractivity contribution < 1.29 is 0 Å². The van der Waals surface area contributed by atoms with Crippen molar-refractivity contribution in [3.05, 3.63) is 65.1 Å². The molecule has 1 aromatic heterocycles. The van der Waals surface area contributed by atoms with Crippen molar-refractivity contribution in [3.8, 4) is 11.3 Å². The van der Waals surface area contributed by atoms with E-state index in [1.807, 2.05) is 48.5 Å². The van der Waals surface area contributed by atoms with Crippen molar-refractivity contribution in [2.45, 2.75) is 26.3 Å². The molecule has 0 spiro atoms. The number of nitrogens with zero attached hydrogens (tertiary/aromatic N) is 2. The Balaban J connectivity index is 1.99. The molecular weight excluding hydrogens is 376 g/mol. The first-order valence-electron chi connectivity index (χ1n) is 8.38. The lowest BCUT2D eigenvalue weighted by Crippen LogP contribution is -2.16. The van der Waals surface area contributed by atoms with Crippen LogP contribution in [0.3, 0.4) is 0 Å². The molecule has 0 bridgehead atoms. The van der Waals surface area contributed by atoms with E-state index in [1.165, 1.54) is 0 Å². The highest BCUT2D eigenvalue weighted by Gasteiger charge is 2.09. The molecule has 1 atom stereocenters. The molecule has 0 radical (unpaired) electrons. The molecule has 0 aliphatic rings. The predicted molar refractivity (Wildman–Crippen MR) is 108 cm³/mol. The van der Waals surface area contributed by atoms with Crippen molar-refractivity contribution in [3.63, 3.8) is 0 Å². The number of aromatic nitrogens is 2. The first kappa shape index (κ1) is 17.4.